The molecule has 0 bridgehead atoms. The van der Waals surface area contributed by atoms with Crippen molar-refractivity contribution < 1.29 is 9.59 Å². The molecular formula is C12H25N3O2. The zero-order valence-electron chi connectivity index (χ0n) is 11.0. The van der Waals surface area contributed by atoms with Crippen LogP contribution in [0.5, 0.6) is 0 Å². The molecule has 3 N–H and O–H groups in total. The smallest absolute Gasteiger partial charge is 0.223 e. The first-order valence-corrected chi connectivity index (χ1v) is 6.38. The first-order valence-electron chi connectivity index (χ1n) is 6.38. The molecule has 17 heavy (non-hydrogen) atoms. The molecule has 0 saturated carbocycles. The molecule has 0 saturated heterocycles. The van der Waals surface area contributed by atoms with E-state index < -0.39 is 0 Å². The van der Waals surface area contributed by atoms with Gasteiger partial charge in [-0.25, -0.2) is 0 Å². The molecule has 0 aliphatic rings. The van der Waals surface area contributed by atoms with Crippen LogP contribution >= 0.6 is 0 Å². The lowest BCUT2D eigenvalue weighted by Crippen LogP contribution is -2.33. The molecule has 0 aliphatic carbocycles. The number of carbonyl (C=O) groups is 2. The number of rotatable bonds is 10. The predicted octanol–water partition coefficient (Wildman–Crippen LogP) is 0.490. The molecule has 2 amide bonds. The van der Waals surface area contributed by atoms with Crippen molar-refractivity contribution in [1.82, 2.24) is 10.2 Å². The lowest BCUT2D eigenvalue weighted by Gasteiger charge is -2.18. The van der Waals surface area contributed by atoms with Crippen LogP contribution in [0.2, 0.25) is 0 Å². The quantitative estimate of drug-likeness (QED) is 0.548. The van der Waals surface area contributed by atoms with Gasteiger partial charge in [-0.3, -0.25) is 9.59 Å². The summed E-state index contributed by atoms with van der Waals surface area (Å²) in [6.45, 7) is 7.05. The van der Waals surface area contributed by atoms with Gasteiger partial charge in [0.2, 0.25) is 11.8 Å². The summed E-state index contributed by atoms with van der Waals surface area (Å²) in [4.78, 5) is 23.9. The first kappa shape index (κ1) is 15.9. The number of primary amides is 1. The van der Waals surface area contributed by atoms with Crippen molar-refractivity contribution in [2.45, 2.75) is 39.5 Å². The van der Waals surface area contributed by atoms with E-state index in [0.717, 1.165) is 32.5 Å². The maximum absolute atomic E-state index is 11.6. The van der Waals surface area contributed by atoms with Crippen LogP contribution in [0.4, 0.5) is 0 Å². The van der Waals surface area contributed by atoms with Gasteiger partial charge in [0.15, 0.2) is 0 Å². The van der Waals surface area contributed by atoms with Crippen LogP contribution < -0.4 is 11.1 Å². The highest BCUT2D eigenvalue weighted by molar-refractivity contribution is 5.76. The van der Waals surface area contributed by atoms with Crippen LogP contribution in [0.15, 0.2) is 0 Å². The molecule has 0 radical (unpaired) electrons. The molecule has 0 atom stereocenters. The summed E-state index contributed by atoms with van der Waals surface area (Å²) >= 11 is 0. The maximum atomic E-state index is 11.6. The van der Waals surface area contributed by atoms with Gasteiger partial charge in [0.05, 0.1) is 0 Å². The van der Waals surface area contributed by atoms with E-state index in [2.05, 4.69) is 5.32 Å². The van der Waals surface area contributed by atoms with Gasteiger partial charge in [-0.2, -0.15) is 0 Å². The number of nitrogens with zero attached hydrogens (tertiary/aromatic N) is 1. The molecule has 0 aromatic rings. The van der Waals surface area contributed by atoms with E-state index in [-0.39, 0.29) is 11.8 Å². The summed E-state index contributed by atoms with van der Waals surface area (Å²) < 4.78 is 0. The van der Waals surface area contributed by atoms with Gasteiger partial charge >= 0.3 is 0 Å². The summed E-state index contributed by atoms with van der Waals surface area (Å²) in [5, 5.41) is 3.19. The number of nitrogens with two attached hydrogens (primary N) is 1. The fourth-order valence-electron chi connectivity index (χ4n) is 1.60. The van der Waals surface area contributed by atoms with Crippen LogP contribution in [-0.4, -0.2) is 42.9 Å². The molecule has 0 fully saturated rings. The fraction of sp³-hybridized carbons (Fsp3) is 0.833. The van der Waals surface area contributed by atoms with Gasteiger partial charge in [0.1, 0.15) is 0 Å². The average molecular weight is 243 g/mol. The second-order valence-corrected chi connectivity index (χ2v) is 3.99. The topological polar surface area (TPSA) is 75.4 Å². The standard InChI is InChI=1S/C12H25N3O2/c1-3-15(4-2)12(17)8-10-14-9-6-5-7-11(13)16/h14H,3-10H2,1-2H3,(H2,13,16). The van der Waals surface area contributed by atoms with Gasteiger partial charge in [-0.1, -0.05) is 0 Å². The Morgan fingerprint density at radius 2 is 1.71 bits per heavy atom. The summed E-state index contributed by atoms with van der Waals surface area (Å²) in [6.07, 6.45) is 2.71. The first-order chi connectivity index (χ1) is 8.11. The monoisotopic (exact) mass is 243 g/mol. The third-order valence-electron chi connectivity index (χ3n) is 2.66. The largest absolute Gasteiger partial charge is 0.370 e. The normalized spacial score (nSPS) is 10.2. The zero-order valence-corrected chi connectivity index (χ0v) is 11.0. The third-order valence-corrected chi connectivity index (χ3v) is 2.66. The molecule has 0 aromatic heterocycles. The summed E-state index contributed by atoms with van der Waals surface area (Å²) in [5.74, 6) is -0.0543. The van der Waals surface area contributed by atoms with E-state index in [4.69, 9.17) is 5.73 Å². The second kappa shape index (κ2) is 10.1. The molecule has 0 aliphatic heterocycles. The molecule has 0 spiro atoms. The number of unbranched alkanes of at least 4 members (excludes halogenated alkanes) is 1. The highest BCUT2D eigenvalue weighted by Crippen LogP contribution is 1.94. The lowest BCUT2D eigenvalue weighted by atomic mass is 10.2. The van der Waals surface area contributed by atoms with Crippen LogP contribution in [0.3, 0.4) is 0 Å². The van der Waals surface area contributed by atoms with Crippen LogP contribution in [-0.2, 0) is 9.59 Å². The van der Waals surface area contributed by atoms with E-state index in [0.29, 0.717) is 19.4 Å². The van der Waals surface area contributed by atoms with E-state index >= 15 is 0 Å². The number of amides is 2. The maximum Gasteiger partial charge on any atom is 0.223 e. The number of nitrogens with one attached hydrogen (secondary N) is 1. The van der Waals surface area contributed by atoms with Gasteiger partial charge in [0.25, 0.3) is 0 Å². The minimum Gasteiger partial charge on any atom is -0.370 e. The van der Waals surface area contributed by atoms with E-state index in [1.807, 2.05) is 18.7 Å². The molecule has 0 heterocycles. The Bertz CT molecular complexity index is 228. The van der Waals surface area contributed by atoms with E-state index in [1.165, 1.54) is 0 Å². The molecule has 5 heteroatoms. The van der Waals surface area contributed by atoms with Gasteiger partial charge in [-0.15, -0.1) is 0 Å². The molecule has 0 unspecified atom stereocenters. The minimum absolute atomic E-state index is 0.194. The molecule has 100 valence electrons. The highest BCUT2D eigenvalue weighted by atomic mass is 16.2. The number of hydrogen-bond donors (Lipinski definition) is 2. The van der Waals surface area contributed by atoms with Crippen molar-refractivity contribution in [3.8, 4) is 0 Å². The SMILES string of the molecule is CCN(CC)C(=O)CCNCCCCC(N)=O. The van der Waals surface area contributed by atoms with Crippen molar-refractivity contribution in [1.29, 1.82) is 0 Å². The second-order valence-electron chi connectivity index (χ2n) is 3.99. The molecular weight excluding hydrogens is 218 g/mol. The van der Waals surface area contributed by atoms with E-state index in [9.17, 15) is 9.59 Å². The summed E-state index contributed by atoms with van der Waals surface area (Å²) in [7, 11) is 0. The number of hydrogen-bond acceptors (Lipinski definition) is 3. The van der Waals surface area contributed by atoms with Crippen molar-refractivity contribution in [3.63, 3.8) is 0 Å². The van der Waals surface area contributed by atoms with Crippen molar-refractivity contribution in [2.75, 3.05) is 26.2 Å². The average Bonchev–Trinajstić information content (AvgIpc) is 2.29. The van der Waals surface area contributed by atoms with Crippen LogP contribution in [0, 0.1) is 0 Å². The minimum atomic E-state index is -0.248. The van der Waals surface area contributed by atoms with Gasteiger partial charge in [0, 0.05) is 32.5 Å². The highest BCUT2D eigenvalue weighted by Gasteiger charge is 2.07. The van der Waals surface area contributed by atoms with Gasteiger partial charge in [-0.05, 0) is 33.2 Å². The zero-order chi connectivity index (χ0) is 13.1. The van der Waals surface area contributed by atoms with Crippen molar-refractivity contribution >= 4 is 11.8 Å². The van der Waals surface area contributed by atoms with Crippen molar-refractivity contribution in [3.05, 3.63) is 0 Å². The Hall–Kier alpha value is -1.10. The van der Waals surface area contributed by atoms with Crippen molar-refractivity contribution in [2.24, 2.45) is 5.73 Å². The van der Waals surface area contributed by atoms with Crippen LogP contribution in [0.1, 0.15) is 39.5 Å². The molecule has 5 nitrogen and oxygen atoms in total. The Kier molecular flexibility index (Phi) is 9.43. The Morgan fingerprint density at radius 1 is 1.06 bits per heavy atom. The Morgan fingerprint density at radius 3 is 2.24 bits per heavy atom. The van der Waals surface area contributed by atoms with Crippen LogP contribution in [0.25, 0.3) is 0 Å². The van der Waals surface area contributed by atoms with Gasteiger partial charge < -0.3 is 16.0 Å². The fourth-order valence-corrected chi connectivity index (χ4v) is 1.60. The Balaban J connectivity index is 3.39. The summed E-state index contributed by atoms with van der Waals surface area (Å²) in [5.41, 5.74) is 5.03. The van der Waals surface area contributed by atoms with E-state index in [1.54, 1.807) is 0 Å². The lowest BCUT2D eigenvalue weighted by molar-refractivity contribution is -0.130. The molecule has 0 aromatic carbocycles. The predicted molar refractivity (Wildman–Crippen MR) is 68.5 cm³/mol. The Labute approximate surface area is 104 Å². The number of carbonyl (C=O) groups excluding carboxylic acids is 2. The summed E-state index contributed by atoms with van der Waals surface area (Å²) in [6, 6.07) is 0. The molecule has 0 rings (SSSR count). The third kappa shape index (κ3) is 8.68.